The summed E-state index contributed by atoms with van der Waals surface area (Å²) in [6, 6.07) is -0.532. The third kappa shape index (κ3) is 56.2. The van der Waals surface area contributed by atoms with E-state index < -0.39 is 12.1 Å². The van der Waals surface area contributed by atoms with Crippen molar-refractivity contribution < 1.29 is 15.0 Å². The maximum atomic E-state index is 12.5. The van der Waals surface area contributed by atoms with Crippen LogP contribution in [0.2, 0.25) is 0 Å². The molecular formula is C63H127NO3. The van der Waals surface area contributed by atoms with Gasteiger partial charge in [0, 0.05) is 6.42 Å². The Morgan fingerprint density at radius 2 is 0.478 bits per heavy atom. The molecule has 0 spiro atoms. The summed E-state index contributed by atoms with van der Waals surface area (Å²) in [5.74, 6) is -0.0207. The van der Waals surface area contributed by atoms with Crippen LogP contribution in [0.15, 0.2) is 0 Å². The summed E-state index contributed by atoms with van der Waals surface area (Å²) < 4.78 is 0. The normalized spacial score (nSPS) is 12.6. The summed E-state index contributed by atoms with van der Waals surface area (Å²) >= 11 is 0. The fourth-order valence-electron chi connectivity index (χ4n) is 10.5. The fourth-order valence-corrected chi connectivity index (χ4v) is 10.5. The highest BCUT2D eigenvalue weighted by Crippen LogP contribution is 2.19. The van der Waals surface area contributed by atoms with Crippen molar-refractivity contribution in [2.45, 2.75) is 392 Å². The van der Waals surface area contributed by atoms with Crippen LogP contribution >= 0.6 is 0 Å². The number of nitrogens with one attached hydrogen (secondary N) is 1. The number of unbranched alkanes of at least 4 members (excludes halogenated alkanes) is 53. The largest absolute Gasteiger partial charge is 0.394 e. The molecule has 0 aliphatic carbocycles. The van der Waals surface area contributed by atoms with Crippen molar-refractivity contribution in [3.8, 4) is 0 Å². The van der Waals surface area contributed by atoms with Gasteiger partial charge in [-0.25, -0.2) is 0 Å². The lowest BCUT2D eigenvalue weighted by molar-refractivity contribution is -0.123. The van der Waals surface area contributed by atoms with Gasteiger partial charge in [-0.3, -0.25) is 4.79 Å². The number of carbonyl (C=O) groups is 1. The first kappa shape index (κ1) is 66.4. The summed E-state index contributed by atoms with van der Waals surface area (Å²) in [5, 5.41) is 23.4. The van der Waals surface area contributed by atoms with Gasteiger partial charge in [-0.05, 0) is 12.8 Å². The van der Waals surface area contributed by atoms with Crippen LogP contribution in [0.3, 0.4) is 0 Å². The lowest BCUT2D eigenvalue weighted by Gasteiger charge is -2.22. The molecule has 0 rings (SSSR count). The zero-order valence-electron chi connectivity index (χ0n) is 46.5. The van der Waals surface area contributed by atoms with E-state index in [0.29, 0.717) is 12.8 Å². The monoisotopic (exact) mass is 946 g/mol. The second kappa shape index (κ2) is 59.7. The zero-order chi connectivity index (χ0) is 48.5. The molecule has 0 aliphatic heterocycles. The molecule has 402 valence electrons. The minimum absolute atomic E-state index is 0.0207. The van der Waals surface area contributed by atoms with E-state index in [1.807, 2.05) is 0 Å². The molecule has 0 fully saturated rings. The topological polar surface area (TPSA) is 69.6 Å². The van der Waals surface area contributed by atoms with Gasteiger partial charge < -0.3 is 15.5 Å². The number of amides is 1. The van der Waals surface area contributed by atoms with Gasteiger partial charge >= 0.3 is 0 Å². The molecule has 67 heavy (non-hydrogen) atoms. The molecule has 4 heteroatoms. The van der Waals surface area contributed by atoms with E-state index in [1.54, 1.807) is 0 Å². The summed E-state index contributed by atoms with van der Waals surface area (Å²) in [6.45, 7) is 4.41. The number of aliphatic hydroxyl groups excluding tert-OH is 2. The number of hydrogen-bond acceptors (Lipinski definition) is 3. The molecule has 0 aromatic carbocycles. The molecule has 0 saturated heterocycles. The molecule has 1 amide bonds. The summed E-state index contributed by atoms with van der Waals surface area (Å²) in [4.78, 5) is 12.5. The predicted octanol–water partition coefficient (Wildman–Crippen LogP) is 21.1. The number of hydrogen-bond donors (Lipinski definition) is 3. The number of carbonyl (C=O) groups excluding carboxylic acids is 1. The minimum Gasteiger partial charge on any atom is -0.394 e. The molecule has 0 heterocycles. The average Bonchev–Trinajstić information content (AvgIpc) is 3.33. The van der Waals surface area contributed by atoms with Gasteiger partial charge in [0.15, 0.2) is 0 Å². The van der Waals surface area contributed by atoms with Crippen molar-refractivity contribution in [2.75, 3.05) is 6.61 Å². The lowest BCUT2D eigenvalue weighted by Crippen LogP contribution is -2.45. The summed E-state index contributed by atoms with van der Waals surface area (Å²) in [5.41, 5.74) is 0. The zero-order valence-corrected chi connectivity index (χ0v) is 46.5. The van der Waals surface area contributed by atoms with Gasteiger partial charge in [0.2, 0.25) is 5.91 Å². The van der Waals surface area contributed by atoms with Crippen molar-refractivity contribution >= 4 is 5.91 Å². The molecule has 2 unspecified atom stereocenters. The van der Waals surface area contributed by atoms with Crippen molar-refractivity contribution in [3.63, 3.8) is 0 Å². The van der Waals surface area contributed by atoms with E-state index in [1.165, 1.54) is 327 Å². The highest BCUT2D eigenvalue weighted by Gasteiger charge is 2.20. The van der Waals surface area contributed by atoms with Crippen molar-refractivity contribution in [1.82, 2.24) is 5.32 Å². The van der Waals surface area contributed by atoms with E-state index in [9.17, 15) is 15.0 Å². The Bertz CT molecular complexity index is 894. The molecule has 3 N–H and O–H groups in total. The highest BCUT2D eigenvalue weighted by molar-refractivity contribution is 5.76. The van der Waals surface area contributed by atoms with Crippen molar-refractivity contribution in [2.24, 2.45) is 0 Å². The maximum Gasteiger partial charge on any atom is 0.220 e. The van der Waals surface area contributed by atoms with Gasteiger partial charge in [0.05, 0.1) is 18.8 Å². The van der Waals surface area contributed by atoms with Crippen LogP contribution in [-0.2, 0) is 4.79 Å². The third-order valence-electron chi connectivity index (χ3n) is 15.4. The third-order valence-corrected chi connectivity index (χ3v) is 15.4. The van der Waals surface area contributed by atoms with E-state index >= 15 is 0 Å². The number of aliphatic hydroxyl groups is 2. The molecule has 4 nitrogen and oxygen atoms in total. The van der Waals surface area contributed by atoms with E-state index in [-0.39, 0.29) is 12.5 Å². The Kier molecular flexibility index (Phi) is 59.2. The first-order chi connectivity index (χ1) is 33.2. The van der Waals surface area contributed by atoms with E-state index in [0.717, 1.165) is 25.7 Å². The maximum absolute atomic E-state index is 12.5. The summed E-state index contributed by atoms with van der Waals surface area (Å²) in [7, 11) is 0. The van der Waals surface area contributed by atoms with Crippen LogP contribution in [0.4, 0.5) is 0 Å². The minimum atomic E-state index is -0.656. The highest BCUT2D eigenvalue weighted by atomic mass is 16.3. The second-order valence-corrected chi connectivity index (χ2v) is 22.2. The summed E-state index contributed by atoms with van der Waals surface area (Å²) in [6.07, 6.45) is 77.0. The average molecular weight is 947 g/mol. The van der Waals surface area contributed by atoms with Gasteiger partial charge in [-0.15, -0.1) is 0 Å². The Labute approximate surface area is 423 Å². The first-order valence-electron chi connectivity index (χ1n) is 31.7. The molecule has 0 aromatic rings. The Hall–Kier alpha value is -0.610. The molecule has 0 aliphatic rings. The fraction of sp³-hybridized carbons (Fsp3) is 0.984. The van der Waals surface area contributed by atoms with Crippen LogP contribution in [0, 0.1) is 0 Å². The van der Waals surface area contributed by atoms with Gasteiger partial charge in [0.1, 0.15) is 0 Å². The Morgan fingerprint density at radius 3 is 0.672 bits per heavy atom. The smallest absolute Gasteiger partial charge is 0.220 e. The number of rotatable bonds is 60. The van der Waals surface area contributed by atoms with Crippen LogP contribution in [-0.4, -0.2) is 34.9 Å². The van der Waals surface area contributed by atoms with Crippen LogP contribution in [0.1, 0.15) is 380 Å². The van der Waals surface area contributed by atoms with Crippen LogP contribution in [0.5, 0.6) is 0 Å². The standard InChI is InChI=1S/C63H127NO3/c1-3-5-7-9-11-13-15-17-19-21-23-25-27-28-29-30-31-32-33-34-35-37-38-40-42-44-46-48-50-52-54-56-58-62(66)61(60-65)64-63(67)59-57-55-53-51-49-47-45-43-41-39-36-26-24-22-20-18-16-14-12-10-8-6-4-2/h61-62,65-66H,3-60H2,1-2H3,(H,64,67). The van der Waals surface area contributed by atoms with Crippen molar-refractivity contribution in [3.05, 3.63) is 0 Å². The Morgan fingerprint density at radius 1 is 0.299 bits per heavy atom. The molecule has 0 saturated carbocycles. The SMILES string of the molecule is CCCCCCCCCCCCCCCCCCCCCCCCCCCCCCCCCCC(O)C(CO)NC(=O)CCCCCCCCCCCCCCCCCCCCCCCCC. The van der Waals surface area contributed by atoms with Crippen LogP contribution in [0.25, 0.3) is 0 Å². The molecule has 2 atom stereocenters. The first-order valence-corrected chi connectivity index (χ1v) is 31.7. The van der Waals surface area contributed by atoms with Gasteiger partial charge in [-0.2, -0.15) is 0 Å². The molecular weight excluding hydrogens is 819 g/mol. The Balaban J connectivity index is 3.37. The van der Waals surface area contributed by atoms with E-state index in [4.69, 9.17) is 0 Å². The predicted molar refractivity (Wildman–Crippen MR) is 300 cm³/mol. The van der Waals surface area contributed by atoms with Gasteiger partial charge in [0.25, 0.3) is 0 Å². The van der Waals surface area contributed by atoms with Crippen molar-refractivity contribution in [1.29, 1.82) is 0 Å². The quantitative estimate of drug-likeness (QED) is 0.0532. The molecule has 0 radical (unpaired) electrons. The molecule has 0 aromatic heterocycles. The van der Waals surface area contributed by atoms with Crippen LogP contribution < -0.4 is 5.32 Å². The lowest BCUT2D eigenvalue weighted by atomic mass is 10.0. The van der Waals surface area contributed by atoms with E-state index in [2.05, 4.69) is 19.2 Å². The molecule has 0 bridgehead atoms. The van der Waals surface area contributed by atoms with Gasteiger partial charge in [-0.1, -0.05) is 361 Å². The second-order valence-electron chi connectivity index (χ2n) is 22.2.